The molecule has 18 heavy (non-hydrogen) atoms. The molecule has 0 saturated carbocycles. The van der Waals surface area contributed by atoms with Crippen LogP contribution in [0.25, 0.3) is 0 Å². The normalized spacial score (nSPS) is 12.1. The molecule has 1 amide bonds. The van der Waals surface area contributed by atoms with Crippen LogP contribution < -0.4 is 16.4 Å². The van der Waals surface area contributed by atoms with Crippen LogP contribution in [0.4, 0.5) is 5.69 Å². The van der Waals surface area contributed by atoms with Gasteiger partial charge in [0.2, 0.25) is 5.91 Å². The van der Waals surface area contributed by atoms with Crippen molar-refractivity contribution in [2.24, 2.45) is 11.5 Å². The van der Waals surface area contributed by atoms with Gasteiger partial charge in [0.15, 0.2) is 0 Å². The number of hydrogen-bond acceptors (Lipinski definition) is 3. The van der Waals surface area contributed by atoms with Gasteiger partial charge in [0.05, 0.1) is 6.04 Å². The molecule has 1 atom stereocenters. The molecule has 0 heterocycles. The van der Waals surface area contributed by atoms with Crippen molar-refractivity contribution in [1.82, 2.24) is 0 Å². The second-order valence-electron chi connectivity index (χ2n) is 4.47. The van der Waals surface area contributed by atoms with E-state index < -0.39 is 11.9 Å². The number of hydrogen-bond donors (Lipinski definition) is 2. The first-order valence-electron chi connectivity index (χ1n) is 6.50. The number of anilines is 1. The lowest BCUT2D eigenvalue weighted by Crippen LogP contribution is -2.40. The Bertz CT molecular complexity index is 353. The quantitative estimate of drug-likeness (QED) is 0.733. The maximum absolute atomic E-state index is 10.9. The predicted molar refractivity (Wildman–Crippen MR) is 75.3 cm³/mol. The van der Waals surface area contributed by atoms with Crippen molar-refractivity contribution in [1.29, 1.82) is 0 Å². The molecule has 0 fully saturated rings. The van der Waals surface area contributed by atoms with E-state index in [9.17, 15) is 4.79 Å². The summed E-state index contributed by atoms with van der Waals surface area (Å²) in [6.45, 7) is 3.90. The molecule has 0 spiro atoms. The van der Waals surface area contributed by atoms with Crippen LogP contribution in [-0.4, -0.2) is 25.0 Å². The summed E-state index contributed by atoms with van der Waals surface area (Å²) in [5.74, 6) is -0.432. The molecule has 0 bridgehead atoms. The van der Waals surface area contributed by atoms with E-state index in [2.05, 4.69) is 24.0 Å². The zero-order chi connectivity index (χ0) is 13.4. The van der Waals surface area contributed by atoms with Gasteiger partial charge in [-0.2, -0.15) is 0 Å². The highest BCUT2D eigenvalue weighted by molar-refractivity contribution is 5.79. The molecule has 1 aromatic carbocycles. The highest BCUT2D eigenvalue weighted by Gasteiger charge is 2.12. The van der Waals surface area contributed by atoms with Crippen molar-refractivity contribution in [3.8, 4) is 0 Å². The molecule has 0 aliphatic heterocycles. The third kappa shape index (κ3) is 4.75. The lowest BCUT2D eigenvalue weighted by Gasteiger charge is -2.25. The minimum atomic E-state index is -0.558. The Balaban J connectivity index is 2.59. The standard InChI is InChI=1S/C14H23N3O/c1-2-3-10-17(11-9-13(15)14(16)18)12-7-5-4-6-8-12/h4-8,13H,2-3,9-11,15H2,1H3,(H2,16,18). The Labute approximate surface area is 109 Å². The summed E-state index contributed by atoms with van der Waals surface area (Å²) in [6, 6.07) is 9.62. The third-order valence-corrected chi connectivity index (χ3v) is 2.98. The average molecular weight is 249 g/mol. The molecular formula is C14H23N3O. The van der Waals surface area contributed by atoms with E-state index in [4.69, 9.17) is 11.5 Å². The molecule has 1 aromatic rings. The third-order valence-electron chi connectivity index (χ3n) is 2.98. The number of carbonyl (C=O) groups excluding carboxylic acids is 1. The number of benzene rings is 1. The number of para-hydroxylation sites is 1. The maximum Gasteiger partial charge on any atom is 0.234 e. The van der Waals surface area contributed by atoms with Crippen LogP contribution in [0.5, 0.6) is 0 Å². The van der Waals surface area contributed by atoms with Gasteiger partial charge >= 0.3 is 0 Å². The maximum atomic E-state index is 10.9. The topological polar surface area (TPSA) is 72.3 Å². The van der Waals surface area contributed by atoms with E-state index in [1.807, 2.05) is 18.2 Å². The van der Waals surface area contributed by atoms with Gasteiger partial charge in [-0.3, -0.25) is 4.79 Å². The van der Waals surface area contributed by atoms with E-state index in [-0.39, 0.29) is 0 Å². The zero-order valence-corrected chi connectivity index (χ0v) is 11.0. The molecule has 0 aliphatic carbocycles. The largest absolute Gasteiger partial charge is 0.371 e. The molecule has 0 saturated heterocycles. The number of rotatable bonds is 8. The van der Waals surface area contributed by atoms with Gasteiger partial charge in [-0.25, -0.2) is 0 Å². The minimum absolute atomic E-state index is 0.432. The van der Waals surface area contributed by atoms with Crippen molar-refractivity contribution >= 4 is 11.6 Å². The van der Waals surface area contributed by atoms with Gasteiger partial charge < -0.3 is 16.4 Å². The number of amides is 1. The van der Waals surface area contributed by atoms with Gasteiger partial charge in [0, 0.05) is 18.8 Å². The number of nitrogens with zero attached hydrogens (tertiary/aromatic N) is 1. The molecule has 1 unspecified atom stereocenters. The lowest BCUT2D eigenvalue weighted by molar-refractivity contribution is -0.119. The summed E-state index contributed by atoms with van der Waals surface area (Å²) in [4.78, 5) is 13.2. The Hall–Kier alpha value is -1.55. The SMILES string of the molecule is CCCCN(CCC(N)C(N)=O)c1ccccc1. The van der Waals surface area contributed by atoms with Crippen molar-refractivity contribution in [3.63, 3.8) is 0 Å². The second-order valence-corrected chi connectivity index (χ2v) is 4.47. The van der Waals surface area contributed by atoms with Crippen molar-refractivity contribution < 1.29 is 4.79 Å². The van der Waals surface area contributed by atoms with E-state index in [1.54, 1.807) is 0 Å². The van der Waals surface area contributed by atoms with Gasteiger partial charge in [-0.1, -0.05) is 31.5 Å². The fraction of sp³-hybridized carbons (Fsp3) is 0.500. The molecular weight excluding hydrogens is 226 g/mol. The first-order valence-corrected chi connectivity index (χ1v) is 6.50. The van der Waals surface area contributed by atoms with E-state index in [0.717, 1.165) is 25.9 Å². The van der Waals surface area contributed by atoms with Crippen LogP contribution in [0.1, 0.15) is 26.2 Å². The summed E-state index contributed by atoms with van der Waals surface area (Å²) < 4.78 is 0. The van der Waals surface area contributed by atoms with Crippen LogP contribution >= 0.6 is 0 Å². The monoisotopic (exact) mass is 249 g/mol. The van der Waals surface area contributed by atoms with Crippen LogP contribution in [0.3, 0.4) is 0 Å². The van der Waals surface area contributed by atoms with Gasteiger partial charge in [0.25, 0.3) is 0 Å². The lowest BCUT2D eigenvalue weighted by atomic mass is 10.1. The van der Waals surface area contributed by atoms with Crippen LogP contribution in [0.2, 0.25) is 0 Å². The number of carbonyl (C=O) groups is 1. The average Bonchev–Trinajstić information content (AvgIpc) is 2.39. The molecule has 1 rings (SSSR count). The van der Waals surface area contributed by atoms with Gasteiger partial charge in [-0.05, 0) is 25.0 Å². The summed E-state index contributed by atoms with van der Waals surface area (Å²) in [5.41, 5.74) is 12.0. The molecule has 100 valence electrons. The summed E-state index contributed by atoms with van der Waals surface area (Å²) in [7, 11) is 0. The molecule has 0 radical (unpaired) electrons. The molecule has 4 heteroatoms. The van der Waals surface area contributed by atoms with E-state index >= 15 is 0 Å². The van der Waals surface area contributed by atoms with Crippen molar-refractivity contribution in [2.45, 2.75) is 32.2 Å². The van der Waals surface area contributed by atoms with Gasteiger partial charge in [0.1, 0.15) is 0 Å². The summed E-state index contributed by atoms with van der Waals surface area (Å²) in [5, 5.41) is 0. The van der Waals surface area contributed by atoms with Crippen LogP contribution in [0.15, 0.2) is 30.3 Å². The number of nitrogens with two attached hydrogens (primary N) is 2. The fourth-order valence-electron chi connectivity index (χ4n) is 1.79. The molecule has 4 N–H and O–H groups in total. The summed E-state index contributed by atoms with van der Waals surface area (Å²) in [6.07, 6.45) is 2.86. The second kappa shape index (κ2) is 7.71. The van der Waals surface area contributed by atoms with Gasteiger partial charge in [-0.15, -0.1) is 0 Å². The number of unbranched alkanes of at least 4 members (excludes halogenated alkanes) is 1. The number of primary amides is 1. The molecule has 4 nitrogen and oxygen atoms in total. The zero-order valence-electron chi connectivity index (χ0n) is 11.0. The Morgan fingerprint density at radius 2 is 1.94 bits per heavy atom. The smallest absolute Gasteiger partial charge is 0.234 e. The minimum Gasteiger partial charge on any atom is -0.371 e. The highest BCUT2D eigenvalue weighted by Crippen LogP contribution is 2.14. The first kappa shape index (κ1) is 14.5. The van der Waals surface area contributed by atoms with E-state index in [0.29, 0.717) is 6.42 Å². The first-order chi connectivity index (χ1) is 8.65. The Morgan fingerprint density at radius 3 is 2.50 bits per heavy atom. The van der Waals surface area contributed by atoms with Crippen molar-refractivity contribution in [2.75, 3.05) is 18.0 Å². The van der Waals surface area contributed by atoms with Crippen LogP contribution in [-0.2, 0) is 4.79 Å². The fourth-order valence-corrected chi connectivity index (χ4v) is 1.79. The molecule has 0 aliphatic rings. The van der Waals surface area contributed by atoms with Crippen molar-refractivity contribution in [3.05, 3.63) is 30.3 Å². The Morgan fingerprint density at radius 1 is 1.28 bits per heavy atom. The predicted octanol–water partition coefficient (Wildman–Crippen LogP) is 1.50. The Kier molecular flexibility index (Phi) is 6.22. The summed E-state index contributed by atoms with van der Waals surface area (Å²) >= 11 is 0. The van der Waals surface area contributed by atoms with E-state index in [1.165, 1.54) is 5.69 Å². The highest BCUT2D eigenvalue weighted by atomic mass is 16.1. The van der Waals surface area contributed by atoms with Crippen LogP contribution in [0, 0.1) is 0 Å². The molecule has 0 aromatic heterocycles.